The van der Waals surface area contributed by atoms with Crippen molar-refractivity contribution in [2.45, 2.75) is 26.5 Å². The Morgan fingerprint density at radius 1 is 1.15 bits per heavy atom. The molecule has 1 aliphatic rings. The Hall–Kier alpha value is -4.07. The zero-order chi connectivity index (χ0) is 22.9. The lowest BCUT2D eigenvalue weighted by molar-refractivity contribution is -0.127. The Morgan fingerprint density at radius 2 is 1.94 bits per heavy atom. The molecule has 2 aromatic heterocycles. The molecule has 1 N–H and O–H groups in total. The lowest BCUT2D eigenvalue weighted by atomic mass is 10.0. The number of pyridine rings is 1. The van der Waals surface area contributed by atoms with E-state index in [1.165, 1.54) is 0 Å². The van der Waals surface area contributed by atoms with Crippen LogP contribution in [0.2, 0.25) is 0 Å². The predicted octanol–water partition coefficient (Wildman–Crippen LogP) is 3.76. The van der Waals surface area contributed by atoms with E-state index in [2.05, 4.69) is 15.4 Å². The Balaban J connectivity index is 1.35. The van der Waals surface area contributed by atoms with Crippen molar-refractivity contribution in [1.29, 1.82) is 0 Å². The van der Waals surface area contributed by atoms with Crippen LogP contribution in [-0.2, 0) is 18.4 Å². The summed E-state index contributed by atoms with van der Waals surface area (Å²) in [6.07, 6.45) is -0.734. The van der Waals surface area contributed by atoms with Crippen LogP contribution in [0, 0.1) is 6.92 Å². The van der Waals surface area contributed by atoms with Crippen molar-refractivity contribution in [1.82, 2.24) is 20.1 Å². The van der Waals surface area contributed by atoms with Gasteiger partial charge in [-0.15, -0.1) is 0 Å². The molecule has 2 aromatic carbocycles. The van der Waals surface area contributed by atoms with Gasteiger partial charge >= 0.3 is 0 Å². The van der Waals surface area contributed by atoms with Crippen molar-refractivity contribution >= 4 is 16.9 Å². The summed E-state index contributed by atoms with van der Waals surface area (Å²) >= 11 is 0. The standard InChI is InChI=1S/C25H24N4O4/c1-15-23-19(18-7-5-4-6-8-18)12-22(27-24(23)29(3)28-15)33-16(2)25(30)26-13-17-9-10-20-21(11-17)32-14-31-20/h4-12,16H,13-14H2,1-3H3,(H,26,30)/t16-/m0/s1. The minimum atomic E-state index is -0.734. The van der Waals surface area contributed by atoms with Gasteiger partial charge < -0.3 is 19.5 Å². The molecule has 0 saturated carbocycles. The summed E-state index contributed by atoms with van der Waals surface area (Å²) in [5.74, 6) is 1.53. The summed E-state index contributed by atoms with van der Waals surface area (Å²) in [6.45, 7) is 4.24. The van der Waals surface area contributed by atoms with E-state index in [9.17, 15) is 4.79 Å². The molecule has 3 heterocycles. The van der Waals surface area contributed by atoms with E-state index in [-0.39, 0.29) is 12.7 Å². The van der Waals surface area contributed by atoms with Gasteiger partial charge in [-0.1, -0.05) is 36.4 Å². The molecule has 0 radical (unpaired) electrons. The maximum atomic E-state index is 12.7. The molecule has 1 atom stereocenters. The zero-order valence-corrected chi connectivity index (χ0v) is 18.7. The van der Waals surface area contributed by atoms with Crippen LogP contribution in [0.1, 0.15) is 18.2 Å². The Kier molecular flexibility index (Phi) is 5.34. The van der Waals surface area contributed by atoms with Gasteiger partial charge in [-0.3, -0.25) is 9.48 Å². The fraction of sp³-hybridized carbons (Fsp3) is 0.240. The highest BCUT2D eigenvalue weighted by atomic mass is 16.7. The average molecular weight is 444 g/mol. The predicted molar refractivity (Wildman–Crippen MR) is 123 cm³/mol. The quantitative estimate of drug-likeness (QED) is 0.487. The molecule has 0 aliphatic carbocycles. The molecule has 8 heteroatoms. The van der Waals surface area contributed by atoms with Gasteiger partial charge in [0.1, 0.15) is 0 Å². The molecular weight excluding hydrogens is 420 g/mol. The molecule has 8 nitrogen and oxygen atoms in total. The molecule has 0 bridgehead atoms. The number of fused-ring (bicyclic) bond motifs is 2. The first-order valence-electron chi connectivity index (χ1n) is 10.7. The van der Waals surface area contributed by atoms with E-state index in [0.29, 0.717) is 29.6 Å². The van der Waals surface area contributed by atoms with Crippen LogP contribution in [0.4, 0.5) is 0 Å². The summed E-state index contributed by atoms with van der Waals surface area (Å²) in [7, 11) is 1.85. The molecule has 0 fully saturated rings. The smallest absolute Gasteiger partial charge is 0.261 e. The Morgan fingerprint density at radius 3 is 2.76 bits per heavy atom. The third-order valence-corrected chi connectivity index (χ3v) is 5.60. The summed E-state index contributed by atoms with van der Waals surface area (Å²) < 4.78 is 18.4. The number of carbonyl (C=O) groups excluding carboxylic acids is 1. The van der Waals surface area contributed by atoms with Gasteiger partial charge in [-0.25, -0.2) is 0 Å². The van der Waals surface area contributed by atoms with Crippen LogP contribution in [0.25, 0.3) is 22.2 Å². The van der Waals surface area contributed by atoms with Gasteiger partial charge in [-0.2, -0.15) is 10.1 Å². The number of amides is 1. The lowest BCUT2D eigenvalue weighted by Crippen LogP contribution is -2.36. The third kappa shape index (κ3) is 4.07. The van der Waals surface area contributed by atoms with Gasteiger partial charge in [0.25, 0.3) is 5.91 Å². The number of rotatable bonds is 6. The van der Waals surface area contributed by atoms with Gasteiger partial charge in [0, 0.05) is 19.7 Å². The summed E-state index contributed by atoms with van der Waals surface area (Å²) in [5.41, 5.74) is 4.51. The van der Waals surface area contributed by atoms with E-state index in [1.54, 1.807) is 11.6 Å². The van der Waals surface area contributed by atoms with Crippen molar-refractivity contribution in [2.75, 3.05) is 6.79 Å². The lowest BCUT2D eigenvalue weighted by Gasteiger charge is -2.15. The minimum absolute atomic E-state index is 0.217. The molecule has 33 heavy (non-hydrogen) atoms. The first kappa shape index (κ1) is 20.8. The number of hydrogen-bond acceptors (Lipinski definition) is 6. The van der Waals surface area contributed by atoms with Crippen LogP contribution in [-0.4, -0.2) is 33.6 Å². The number of carbonyl (C=O) groups is 1. The molecule has 0 unspecified atom stereocenters. The summed E-state index contributed by atoms with van der Waals surface area (Å²) in [4.78, 5) is 17.3. The second kappa shape index (κ2) is 8.46. The van der Waals surface area contributed by atoms with Crippen molar-refractivity contribution < 1.29 is 19.0 Å². The van der Waals surface area contributed by atoms with Crippen LogP contribution in [0.3, 0.4) is 0 Å². The van der Waals surface area contributed by atoms with E-state index in [4.69, 9.17) is 14.2 Å². The van der Waals surface area contributed by atoms with Gasteiger partial charge in [0.15, 0.2) is 23.3 Å². The molecule has 0 saturated heterocycles. The van der Waals surface area contributed by atoms with Crippen LogP contribution in [0.15, 0.2) is 54.6 Å². The van der Waals surface area contributed by atoms with Crippen molar-refractivity contribution in [2.24, 2.45) is 7.05 Å². The first-order valence-corrected chi connectivity index (χ1v) is 10.7. The average Bonchev–Trinajstić information content (AvgIpc) is 3.41. The Bertz CT molecular complexity index is 1330. The van der Waals surface area contributed by atoms with E-state index >= 15 is 0 Å². The van der Waals surface area contributed by atoms with E-state index in [0.717, 1.165) is 27.8 Å². The van der Waals surface area contributed by atoms with Crippen LogP contribution < -0.4 is 19.5 Å². The summed E-state index contributed by atoms with van der Waals surface area (Å²) in [5, 5.41) is 8.39. The monoisotopic (exact) mass is 444 g/mol. The maximum Gasteiger partial charge on any atom is 0.261 e. The van der Waals surface area contributed by atoms with Gasteiger partial charge in [0.05, 0.1) is 11.1 Å². The first-order chi connectivity index (χ1) is 16.0. The van der Waals surface area contributed by atoms with Crippen LogP contribution in [0.5, 0.6) is 17.4 Å². The molecule has 0 spiro atoms. The minimum Gasteiger partial charge on any atom is -0.464 e. The van der Waals surface area contributed by atoms with Gasteiger partial charge in [-0.05, 0) is 42.7 Å². The number of benzene rings is 2. The number of hydrogen-bond donors (Lipinski definition) is 1. The molecule has 168 valence electrons. The zero-order valence-electron chi connectivity index (χ0n) is 18.7. The fourth-order valence-corrected chi connectivity index (χ4v) is 3.95. The van der Waals surface area contributed by atoms with E-state index in [1.807, 2.05) is 68.6 Å². The largest absolute Gasteiger partial charge is 0.464 e. The molecule has 4 aromatic rings. The van der Waals surface area contributed by atoms with Gasteiger partial charge in [0.2, 0.25) is 12.7 Å². The molecule has 5 rings (SSSR count). The third-order valence-electron chi connectivity index (χ3n) is 5.60. The highest BCUT2D eigenvalue weighted by Gasteiger charge is 2.20. The van der Waals surface area contributed by atoms with E-state index < -0.39 is 6.10 Å². The number of aryl methyl sites for hydroxylation is 2. The topological polar surface area (TPSA) is 87.5 Å². The number of nitrogens with one attached hydrogen (secondary N) is 1. The molecule has 1 amide bonds. The Labute approximate surface area is 191 Å². The molecular formula is C25H24N4O4. The SMILES string of the molecule is Cc1nn(C)c2nc(O[C@@H](C)C(=O)NCc3ccc4c(c3)OCO4)cc(-c3ccccc3)c12. The second-order valence-corrected chi connectivity index (χ2v) is 7.95. The van der Waals surface area contributed by atoms with Crippen molar-refractivity contribution in [3.8, 4) is 28.5 Å². The van der Waals surface area contributed by atoms with Crippen LogP contribution >= 0.6 is 0 Å². The number of ether oxygens (including phenoxy) is 3. The highest BCUT2D eigenvalue weighted by molar-refractivity contribution is 5.95. The maximum absolute atomic E-state index is 12.7. The highest BCUT2D eigenvalue weighted by Crippen LogP contribution is 2.34. The number of aromatic nitrogens is 3. The fourth-order valence-electron chi connectivity index (χ4n) is 3.95. The van der Waals surface area contributed by atoms with Crippen molar-refractivity contribution in [3.63, 3.8) is 0 Å². The second-order valence-electron chi connectivity index (χ2n) is 7.95. The van der Waals surface area contributed by atoms with Crippen molar-refractivity contribution in [3.05, 3.63) is 65.9 Å². The number of nitrogens with zero attached hydrogens (tertiary/aromatic N) is 3. The molecule has 1 aliphatic heterocycles. The normalized spacial score (nSPS) is 13.2. The summed E-state index contributed by atoms with van der Waals surface area (Å²) in [6, 6.07) is 17.5.